The molecule has 5 heterocycles. The number of hydrogen-bond donors (Lipinski definition) is 2. The number of benzene rings is 1. The lowest BCUT2D eigenvalue weighted by Crippen LogP contribution is -2.38. The van der Waals surface area contributed by atoms with Gasteiger partial charge < -0.3 is 5.73 Å². The summed E-state index contributed by atoms with van der Waals surface area (Å²) in [5, 5.41) is 8.78. The summed E-state index contributed by atoms with van der Waals surface area (Å²) in [5.74, 6) is -2.53. The van der Waals surface area contributed by atoms with Gasteiger partial charge in [-0.1, -0.05) is 19.1 Å². The second kappa shape index (κ2) is 12.7. The van der Waals surface area contributed by atoms with E-state index in [2.05, 4.69) is 67.6 Å². The molecule has 0 radical (unpaired) electrons. The Morgan fingerprint density at radius 3 is 2.33 bits per heavy atom. The molecule has 4 aromatic rings. The van der Waals surface area contributed by atoms with E-state index in [1.807, 2.05) is 24.7 Å². The van der Waals surface area contributed by atoms with Crippen molar-refractivity contribution in [2.45, 2.75) is 51.1 Å². The van der Waals surface area contributed by atoms with Crippen molar-refractivity contribution in [1.82, 2.24) is 30.0 Å². The van der Waals surface area contributed by atoms with E-state index in [9.17, 15) is 8.78 Å². The number of nitrogens with zero attached hydrogens (tertiary/aromatic N) is 5. The summed E-state index contributed by atoms with van der Waals surface area (Å²) in [7, 11) is 0. The zero-order valence-corrected chi connectivity index (χ0v) is 22.8. The molecule has 0 spiro atoms. The van der Waals surface area contributed by atoms with Crippen LogP contribution >= 0.6 is 0 Å². The lowest BCUT2D eigenvalue weighted by Gasteiger charge is -2.31. The van der Waals surface area contributed by atoms with Gasteiger partial charge in [0.05, 0.1) is 11.2 Å². The van der Waals surface area contributed by atoms with E-state index < -0.39 is 5.92 Å². The molecule has 1 aromatic carbocycles. The highest BCUT2D eigenvalue weighted by Gasteiger charge is 2.33. The number of hydrogen-bond acceptors (Lipinski definition) is 6. The molecule has 0 bridgehead atoms. The number of alkyl halides is 2. The topological polar surface area (TPSA) is 87.0 Å². The predicted molar refractivity (Wildman–Crippen MR) is 156 cm³/mol. The van der Waals surface area contributed by atoms with Crippen LogP contribution in [-0.4, -0.2) is 62.1 Å². The molecule has 0 saturated carbocycles. The predicted octanol–water partition coefficient (Wildman–Crippen LogP) is 5.99. The number of aromatic nitrogens is 4. The Balaban J connectivity index is 0.00000103. The number of halogens is 2. The summed E-state index contributed by atoms with van der Waals surface area (Å²) >= 11 is 0. The van der Waals surface area contributed by atoms with Gasteiger partial charge in [-0.25, -0.2) is 8.78 Å². The van der Waals surface area contributed by atoms with Crippen LogP contribution < -0.4 is 5.73 Å². The van der Waals surface area contributed by atoms with Gasteiger partial charge in [0, 0.05) is 74.1 Å². The zero-order valence-electron chi connectivity index (χ0n) is 22.8. The van der Waals surface area contributed by atoms with E-state index in [1.165, 1.54) is 25.5 Å². The number of fused-ring (bicyclic) bond motifs is 1. The number of likely N-dealkylation sites (tertiary alicyclic amines) is 2. The molecule has 2 saturated heterocycles. The molecule has 2 fully saturated rings. The molecule has 2 aliphatic rings. The molecule has 0 atom stereocenters. The van der Waals surface area contributed by atoms with Crippen molar-refractivity contribution >= 4 is 10.9 Å². The van der Waals surface area contributed by atoms with Gasteiger partial charge in [0.15, 0.2) is 0 Å². The maximum absolute atomic E-state index is 13.5. The molecule has 9 heteroatoms. The Morgan fingerprint density at radius 1 is 0.875 bits per heavy atom. The first-order chi connectivity index (χ1) is 19.4. The molecule has 6 rings (SSSR count). The first-order valence-corrected chi connectivity index (χ1v) is 14.0. The van der Waals surface area contributed by atoms with Crippen molar-refractivity contribution in [3.8, 4) is 22.4 Å². The van der Waals surface area contributed by atoms with E-state index in [-0.39, 0.29) is 12.8 Å². The SMILES string of the molecule is C=CN.FC1(F)CCN(Cc2cncc(-c3ccc4[nH]nc(-c5ccc(CN6CCCCC6)nc5)c4c3)c2)CC1. The van der Waals surface area contributed by atoms with Gasteiger partial charge in [-0.05, 0) is 73.6 Å². The van der Waals surface area contributed by atoms with Crippen LogP contribution in [-0.2, 0) is 13.1 Å². The van der Waals surface area contributed by atoms with E-state index in [1.54, 1.807) is 0 Å². The fourth-order valence-electron chi connectivity index (χ4n) is 5.45. The summed E-state index contributed by atoms with van der Waals surface area (Å²) in [4.78, 5) is 13.7. The van der Waals surface area contributed by atoms with Crippen molar-refractivity contribution in [1.29, 1.82) is 0 Å². The number of piperidine rings is 2. The maximum atomic E-state index is 13.5. The van der Waals surface area contributed by atoms with Crippen LogP contribution in [0.4, 0.5) is 8.78 Å². The highest BCUT2D eigenvalue weighted by molar-refractivity contribution is 5.95. The quantitative estimate of drug-likeness (QED) is 0.309. The Morgan fingerprint density at radius 2 is 1.60 bits per heavy atom. The molecule has 210 valence electrons. The first-order valence-electron chi connectivity index (χ1n) is 14.0. The second-order valence-corrected chi connectivity index (χ2v) is 10.7. The van der Waals surface area contributed by atoms with Gasteiger partial charge in [0.2, 0.25) is 0 Å². The smallest absolute Gasteiger partial charge is 0.250 e. The minimum absolute atomic E-state index is 0.0753. The van der Waals surface area contributed by atoms with Crippen molar-refractivity contribution in [2.24, 2.45) is 5.73 Å². The van der Waals surface area contributed by atoms with Gasteiger partial charge >= 0.3 is 0 Å². The average Bonchev–Trinajstić information content (AvgIpc) is 3.39. The number of aromatic amines is 1. The molecule has 7 nitrogen and oxygen atoms in total. The van der Waals surface area contributed by atoms with Crippen molar-refractivity contribution in [3.63, 3.8) is 0 Å². The Hall–Kier alpha value is -3.69. The monoisotopic (exact) mass is 545 g/mol. The molecule has 3 N–H and O–H groups in total. The summed E-state index contributed by atoms with van der Waals surface area (Å²) < 4.78 is 27.0. The fourth-order valence-corrected chi connectivity index (χ4v) is 5.45. The van der Waals surface area contributed by atoms with Crippen molar-refractivity contribution < 1.29 is 8.78 Å². The molecular weight excluding hydrogens is 508 g/mol. The van der Waals surface area contributed by atoms with Crippen LogP contribution in [0.5, 0.6) is 0 Å². The number of rotatable bonds is 6. The lowest BCUT2D eigenvalue weighted by molar-refractivity contribution is -0.0566. The van der Waals surface area contributed by atoms with Crippen LogP contribution in [0.3, 0.4) is 0 Å². The minimum Gasteiger partial charge on any atom is -0.405 e. The summed E-state index contributed by atoms with van der Waals surface area (Å²) in [6, 6.07) is 12.6. The van der Waals surface area contributed by atoms with Crippen LogP contribution in [0.15, 0.2) is 67.8 Å². The normalized spacial score (nSPS) is 17.8. The van der Waals surface area contributed by atoms with Gasteiger partial charge in [0.1, 0.15) is 5.69 Å². The van der Waals surface area contributed by atoms with Crippen LogP contribution in [0.1, 0.15) is 43.4 Å². The molecule has 3 aromatic heterocycles. The van der Waals surface area contributed by atoms with Crippen molar-refractivity contribution in [3.05, 3.63) is 79.0 Å². The summed E-state index contributed by atoms with van der Waals surface area (Å²) in [5.41, 5.74) is 11.6. The minimum atomic E-state index is -2.53. The average molecular weight is 546 g/mol. The molecule has 2 aliphatic heterocycles. The largest absolute Gasteiger partial charge is 0.405 e. The summed E-state index contributed by atoms with van der Waals surface area (Å²) in [6.45, 7) is 7.79. The van der Waals surface area contributed by atoms with Crippen molar-refractivity contribution in [2.75, 3.05) is 26.2 Å². The second-order valence-electron chi connectivity index (χ2n) is 10.7. The number of nitrogens with two attached hydrogens (primary N) is 1. The number of pyridine rings is 2. The van der Waals surface area contributed by atoms with E-state index >= 15 is 0 Å². The Kier molecular flexibility index (Phi) is 8.81. The zero-order chi connectivity index (χ0) is 28.0. The van der Waals surface area contributed by atoms with Gasteiger partial charge in [0.25, 0.3) is 5.92 Å². The highest BCUT2D eigenvalue weighted by atomic mass is 19.3. The first kappa shape index (κ1) is 27.9. The van der Waals surface area contributed by atoms with Crippen LogP contribution in [0.2, 0.25) is 0 Å². The van der Waals surface area contributed by atoms with Gasteiger partial charge in [-0.3, -0.25) is 24.9 Å². The Labute approximate surface area is 234 Å². The number of H-pyrrole nitrogens is 1. The third-order valence-electron chi connectivity index (χ3n) is 7.62. The lowest BCUT2D eigenvalue weighted by atomic mass is 10.0. The molecule has 0 unspecified atom stereocenters. The molecule has 0 amide bonds. The van der Waals surface area contributed by atoms with E-state index in [4.69, 9.17) is 4.98 Å². The Bertz CT molecular complexity index is 1400. The number of nitrogens with one attached hydrogen (secondary N) is 1. The molecule has 40 heavy (non-hydrogen) atoms. The van der Waals surface area contributed by atoms with Crippen LogP contribution in [0.25, 0.3) is 33.3 Å². The third-order valence-corrected chi connectivity index (χ3v) is 7.62. The maximum Gasteiger partial charge on any atom is 0.250 e. The van der Waals surface area contributed by atoms with Gasteiger partial charge in [-0.15, -0.1) is 0 Å². The third kappa shape index (κ3) is 6.89. The summed E-state index contributed by atoms with van der Waals surface area (Å²) in [6.07, 6.45) is 10.6. The van der Waals surface area contributed by atoms with Gasteiger partial charge in [-0.2, -0.15) is 5.10 Å². The highest BCUT2D eigenvalue weighted by Crippen LogP contribution is 2.32. The standard InChI is InChI=1S/C29H32F2N6.C2H5N/c30-29(31)8-12-37(13-9-29)19-21-14-24(17-32-16-21)22-5-7-27-26(15-22)28(35-34-27)23-4-6-25(33-18-23)20-36-10-2-1-3-11-36;1-2-3/h4-7,14-18H,1-3,8-13,19-20H2,(H,34,35);2H,1,3H2. The molecule has 0 aliphatic carbocycles. The molecular formula is C31H37F2N7. The van der Waals surface area contributed by atoms with Crippen LogP contribution in [0, 0.1) is 0 Å². The van der Waals surface area contributed by atoms with E-state index in [0.717, 1.165) is 64.2 Å². The fraction of sp³-hybridized carbons (Fsp3) is 0.387. The van der Waals surface area contributed by atoms with E-state index in [0.29, 0.717) is 19.6 Å².